The van der Waals surface area contributed by atoms with Crippen molar-refractivity contribution in [2.45, 2.75) is 24.2 Å². The van der Waals surface area contributed by atoms with E-state index in [4.69, 9.17) is 5.11 Å². The van der Waals surface area contributed by atoms with Crippen LogP contribution in [0.2, 0.25) is 0 Å². The van der Waals surface area contributed by atoms with Gasteiger partial charge in [0.2, 0.25) is 0 Å². The topological polar surface area (TPSA) is 57.5 Å². The first kappa shape index (κ1) is 11.3. The molecule has 1 heterocycles. The largest absolute Gasteiger partial charge is 0.508 e. The van der Waals surface area contributed by atoms with Crippen LogP contribution in [0.3, 0.4) is 0 Å². The van der Waals surface area contributed by atoms with Crippen molar-refractivity contribution >= 4 is 17.7 Å². The molecule has 86 valence electrons. The standard InChI is InChI=1S/C12H14O3S/c1-7(12(14)15)4-8-6-16-11-3-2-9(13)5-10(8)11/h2-3,5,7-8,13H,4,6H2,1H3,(H,14,15). The molecule has 2 unspecified atom stereocenters. The lowest BCUT2D eigenvalue weighted by atomic mass is 9.91. The molecule has 1 aromatic carbocycles. The molecule has 1 aromatic rings. The molecule has 0 spiro atoms. The summed E-state index contributed by atoms with van der Waals surface area (Å²) in [6.45, 7) is 1.73. The molecule has 0 bridgehead atoms. The molecular weight excluding hydrogens is 224 g/mol. The van der Waals surface area contributed by atoms with Gasteiger partial charge in [0.15, 0.2) is 0 Å². The molecule has 0 amide bonds. The van der Waals surface area contributed by atoms with Gasteiger partial charge >= 0.3 is 5.97 Å². The fraction of sp³-hybridized carbons (Fsp3) is 0.417. The molecule has 0 saturated heterocycles. The summed E-state index contributed by atoms with van der Waals surface area (Å²) in [6.07, 6.45) is 0.638. The van der Waals surface area contributed by atoms with Gasteiger partial charge in [-0.05, 0) is 36.1 Å². The Labute approximate surface area is 98.5 Å². The maximum Gasteiger partial charge on any atom is 0.306 e. The van der Waals surface area contributed by atoms with Gasteiger partial charge in [0, 0.05) is 10.6 Å². The third-order valence-corrected chi connectivity index (χ3v) is 4.18. The Kier molecular flexibility index (Phi) is 3.10. The second-order valence-electron chi connectivity index (χ2n) is 4.21. The van der Waals surface area contributed by atoms with Crippen LogP contribution in [-0.2, 0) is 4.79 Å². The van der Waals surface area contributed by atoms with Crippen molar-refractivity contribution in [2.24, 2.45) is 5.92 Å². The van der Waals surface area contributed by atoms with E-state index in [1.807, 2.05) is 6.07 Å². The number of aromatic hydroxyl groups is 1. The third-order valence-electron chi connectivity index (χ3n) is 2.93. The number of carboxylic acid groups (broad SMARTS) is 1. The van der Waals surface area contributed by atoms with Crippen molar-refractivity contribution in [3.8, 4) is 5.75 Å². The van der Waals surface area contributed by atoms with Crippen molar-refractivity contribution in [3.63, 3.8) is 0 Å². The average Bonchev–Trinajstić information content (AvgIpc) is 2.61. The molecule has 1 aliphatic heterocycles. The number of rotatable bonds is 3. The molecule has 0 radical (unpaired) electrons. The van der Waals surface area contributed by atoms with Crippen LogP contribution in [0.5, 0.6) is 5.75 Å². The molecule has 2 N–H and O–H groups in total. The van der Waals surface area contributed by atoms with Gasteiger partial charge in [0.1, 0.15) is 5.75 Å². The van der Waals surface area contributed by atoms with Gasteiger partial charge in [-0.2, -0.15) is 0 Å². The van der Waals surface area contributed by atoms with Gasteiger partial charge in [-0.25, -0.2) is 0 Å². The van der Waals surface area contributed by atoms with Crippen LogP contribution in [-0.4, -0.2) is 21.9 Å². The molecule has 2 atom stereocenters. The molecule has 0 aliphatic carbocycles. The summed E-state index contributed by atoms with van der Waals surface area (Å²) in [5.74, 6) is 0.334. The first-order valence-electron chi connectivity index (χ1n) is 5.26. The van der Waals surface area contributed by atoms with E-state index in [2.05, 4.69) is 0 Å². The Morgan fingerprint density at radius 2 is 2.38 bits per heavy atom. The summed E-state index contributed by atoms with van der Waals surface area (Å²) in [7, 11) is 0. The SMILES string of the molecule is CC(CC1CSc2ccc(O)cc21)C(=O)O. The minimum absolute atomic E-state index is 0.248. The Morgan fingerprint density at radius 1 is 1.62 bits per heavy atom. The zero-order chi connectivity index (χ0) is 11.7. The lowest BCUT2D eigenvalue weighted by Crippen LogP contribution is -2.13. The Morgan fingerprint density at radius 3 is 3.06 bits per heavy atom. The minimum atomic E-state index is -0.751. The van der Waals surface area contributed by atoms with Gasteiger partial charge < -0.3 is 10.2 Å². The van der Waals surface area contributed by atoms with Gasteiger partial charge in [0.25, 0.3) is 0 Å². The van der Waals surface area contributed by atoms with E-state index in [0.29, 0.717) is 6.42 Å². The molecule has 0 aromatic heterocycles. The first-order chi connectivity index (χ1) is 7.58. The van der Waals surface area contributed by atoms with E-state index in [1.165, 1.54) is 4.90 Å². The van der Waals surface area contributed by atoms with E-state index < -0.39 is 5.97 Å². The number of phenolic OH excluding ortho intramolecular Hbond substituents is 1. The Balaban J connectivity index is 2.17. The number of aliphatic carboxylic acids is 1. The van der Waals surface area contributed by atoms with Crippen LogP contribution in [0.4, 0.5) is 0 Å². The number of fused-ring (bicyclic) bond motifs is 1. The number of hydrogen-bond acceptors (Lipinski definition) is 3. The molecule has 16 heavy (non-hydrogen) atoms. The van der Waals surface area contributed by atoms with Crippen molar-refractivity contribution < 1.29 is 15.0 Å². The average molecular weight is 238 g/mol. The number of phenols is 1. The van der Waals surface area contributed by atoms with Crippen LogP contribution in [0.25, 0.3) is 0 Å². The quantitative estimate of drug-likeness (QED) is 0.850. The highest BCUT2D eigenvalue weighted by molar-refractivity contribution is 7.99. The highest BCUT2D eigenvalue weighted by atomic mass is 32.2. The summed E-state index contributed by atoms with van der Waals surface area (Å²) < 4.78 is 0. The maximum absolute atomic E-state index is 10.8. The lowest BCUT2D eigenvalue weighted by molar-refractivity contribution is -0.141. The molecular formula is C12H14O3S. The van der Waals surface area contributed by atoms with E-state index >= 15 is 0 Å². The summed E-state index contributed by atoms with van der Waals surface area (Å²) >= 11 is 1.73. The van der Waals surface area contributed by atoms with E-state index in [1.54, 1.807) is 30.8 Å². The van der Waals surface area contributed by atoms with Crippen LogP contribution < -0.4 is 0 Å². The zero-order valence-electron chi connectivity index (χ0n) is 9.01. The van der Waals surface area contributed by atoms with Gasteiger partial charge in [0.05, 0.1) is 5.92 Å². The Bertz CT molecular complexity index is 417. The second kappa shape index (κ2) is 4.37. The number of benzene rings is 1. The van der Waals surface area contributed by atoms with Crippen molar-refractivity contribution in [1.29, 1.82) is 0 Å². The predicted octanol–water partition coefficient (Wildman–Crippen LogP) is 2.69. The normalized spacial score (nSPS) is 20.4. The molecule has 1 aliphatic rings. The molecule has 4 heteroatoms. The fourth-order valence-corrected chi connectivity index (χ4v) is 3.24. The number of carbonyl (C=O) groups is 1. The van der Waals surface area contributed by atoms with Crippen LogP contribution >= 0.6 is 11.8 Å². The monoisotopic (exact) mass is 238 g/mol. The van der Waals surface area contributed by atoms with Gasteiger partial charge in [-0.3, -0.25) is 4.79 Å². The number of thioether (sulfide) groups is 1. The highest BCUT2D eigenvalue weighted by Gasteiger charge is 2.27. The molecule has 0 saturated carbocycles. The van der Waals surface area contributed by atoms with Crippen molar-refractivity contribution in [1.82, 2.24) is 0 Å². The maximum atomic E-state index is 10.8. The second-order valence-corrected chi connectivity index (χ2v) is 5.27. The van der Waals surface area contributed by atoms with Crippen LogP contribution in [0, 0.1) is 5.92 Å². The van der Waals surface area contributed by atoms with Crippen LogP contribution in [0.15, 0.2) is 23.1 Å². The van der Waals surface area contributed by atoms with Crippen molar-refractivity contribution in [3.05, 3.63) is 23.8 Å². The minimum Gasteiger partial charge on any atom is -0.508 e. The highest BCUT2D eigenvalue weighted by Crippen LogP contribution is 2.43. The Hall–Kier alpha value is -1.16. The van der Waals surface area contributed by atoms with Gasteiger partial charge in [-0.1, -0.05) is 6.92 Å². The number of hydrogen-bond donors (Lipinski definition) is 2. The molecule has 3 nitrogen and oxygen atoms in total. The van der Waals surface area contributed by atoms with Gasteiger partial charge in [-0.15, -0.1) is 11.8 Å². The molecule has 2 rings (SSSR count). The van der Waals surface area contributed by atoms with Crippen molar-refractivity contribution in [2.75, 3.05) is 5.75 Å². The lowest BCUT2D eigenvalue weighted by Gasteiger charge is -2.13. The number of carboxylic acids is 1. The van der Waals surface area contributed by atoms with E-state index in [9.17, 15) is 9.90 Å². The predicted molar refractivity (Wildman–Crippen MR) is 63.0 cm³/mol. The van der Waals surface area contributed by atoms with E-state index in [0.717, 1.165) is 11.3 Å². The summed E-state index contributed by atoms with van der Waals surface area (Å²) in [5, 5.41) is 18.3. The van der Waals surface area contributed by atoms with Crippen LogP contribution in [0.1, 0.15) is 24.8 Å². The summed E-state index contributed by atoms with van der Waals surface area (Å²) in [6, 6.07) is 5.34. The zero-order valence-corrected chi connectivity index (χ0v) is 9.83. The first-order valence-corrected chi connectivity index (χ1v) is 6.25. The molecule has 0 fully saturated rings. The summed E-state index contributed by atoms with van der Waals surface area (Å²) in [4.78, 5) is 12.0. The summed E-state index contributed by atoms with van der Waals surface area (Å²) in [5.41, 5.74) is 1.10. The smallest absolute Gasteiger partial charge is 0.306 e. The van der Waals surface area contributed by atoms with E-state index in [-0.39, 0.29) is 17.6 Å². The third kappa shape index (κ3) is 2.16. The fourth-order valence-electron chi connectivity index (χ4n) is 1.99.